The highest BCUT2D eigenvalue weighted by Gasteiger charge is 2.37. The van der Waals surface area contributed by atoms with Gasteiger partial charge in [-0.25, -0.2) is 14.8 Å². The van der Waals surface area contributed by atoms with E-state index < -0.39 is 11.7 Å². The number of urea groups is 1. The number of hydrogen-bond donors (Lipinski definition) is 1. The molecule has 0 radical (unpaired) electrons. The molecule has 5 heterocycles. The van der Waals surface area contributed by atoms with Crippen LogP contribution in [-0.2, 0) is 26.8 Å². The number of nitrogens with one attached hydrogen (secondary N) is 1. The first kappa shape index (κ1) is 24.0. The van der Waals surface area contributed by atoms with Crippen LogP contribution >= 0.6 is 0 Å². The van der Waals surface area contributed by atoms with Gasteiger partial charge in [-0.15, -0.1) is 0 Å². The second-order valence-corrected chi connectivity index (χ2v) is 9.53. The smallest absolute Gasteiger partial charge is 0.337 e. The van der Waals surface area contributed by atoms with E-state index in [0.717, 1.165) is 16.4 Å². The first-order valence-electron chi connectivity index (χ1n) is 12.0. The molecule has 2 aliphatic rings. The third kappa shape index (κ3) is 3.96. The zero-order valence-electron chi connectivity index (χ0n) is 20.6. The number of amides is 2. The van der Waals surface area contributed by atoms with Crippen molar-refractivity contribution < 1.29 is 18.0 Å². The molecule has 1 N–H and O–H groups in total. The maximum Gasteiger partial charge on any atom is 0.419 e. The van der Waals surface area contributed by atoms with Crippen LogP contribution in [0.1, 0.15) is 11.3 Å². The van der Waals surface area contributed by atoms with Gasteiger partial charge in [0.05, 0.1) is 34.7 Å². The van der Waals surface area contributed by atoms with Gasteiger partial charge in [0.1, 0.15) is 0 Å². The van der Waals surface area contributed by atoms with Crippen LogP contribution < -0.4 is 15.8 Å². The van der Waals surface area contributed by atoms with Crippen molar-refractivity contribution >= 4 is 22.9 Å². The standard InChI is InChI=1S/C24H24F3N9O2/c1-32-12-18(24(25,26)27)19(31-32)13-36-20-7-14(3-4-17(20)21(37)33(36)2)15-8-28-22(29-9-15)34-5-6-35-16(11-34)10-30-23(35)38/h3-4,7-9,12,16H,5-6,10-11,13H2,1-2H3,(H,30,38)/t16-/m0/s1. The van der Waals surface area contributed by atoms with E-state index in [2.05, 4.69) is 20.4 Å². The van der Waals surface area contributed by atoms with E-state index in [4.69, 9.17) is 0 Å². The Morgan fingerprint density at radius 3 is 2.58 bits per heavy atom. The summed E-state index contributed by atoms with van der Waals surface area (Å²) in [5, 5.41) is 7.23. The molecule has 0 aliphatic carbocycles. The van der Waals surface area contributed by atoms with Crippen molar-refractivity contribution in [1.29, 1.82) is 0 Å². The van der Waals surface area contributed by atoms with Crippen LogP contribution in [0.4, 0.5) is 23.9 Å². The fourth-order valence-electron chi connectivity index (χ4n) is 5.19. The SMILES string of the molecule is Cn1cc(C(F)(F)F)c(Cn2c3cc(-c4cnc(N5CCN6C(=O)NC[C@H]6C5)nc4)ccc3c(=O)n2C)n1. The molecular weight excluding hydrogens is 503 g/mol. The van der Waals surface area contributed by atoms with Crippen LogP contribution in [0, 0.1) is 0 Å². The number of carbonyl (C=O) groups is 1. The summed E-state index contributed by atoms with van der Waals surface area (Å²) in [7, 11) is 2.95. The van der Waals surface area contributed by atoms with Gasteiger partial charge in [0.2, 0.25) is 5.95 Å². The Hall–Kier alpha value is -4.36. The molecule has 198 valence electrons. The summed E-state index contributed by atoms with van der Waals surface area (Å²) in [6.45, 7) is 2.21. The molecule has 38 heavy (non-hydrogen) atoms. The minimum Gasteiger partial charge on any atom is -0.337 e. The van der Waals surface area contributed by atoms with Crippen LogP contribution in [0.2, 0.25) is 0 Å². The zero-order valence-corrected chi connectivity index (χ0v) is 20.6. The second-order valence-electron chi connectivity index (χ2n) is 9.53. The number of aromatic nitrogens is 6. The number of alkyl halides is 3. The number of piperazine rings is 1. The number of nitrogens with zero attached hydrogens (tertiary/aromatic N) is 8. The monoisotopic (exact) mass is 527 g/mol. The van der Waals surface area contributed by atoms with Gasteiger partial charge in [-0.05, 0) is 17.7 Å². The predicted molar refractivity (Wildman–Crippen MR) is 132 cm³/mol. The molecule has 2 aliphatic heterocycles. The zero-order chi connectivity index (χ0) is 26.8. The molecule has 1 aromatic carbocycles. The van der Waals surface area contributed by atoms with Crippen molar-refractivity contribution in [2.45, 2.75) is 18.8 Å². The molecular formula is C24H24F3N9O2. The third-order valence-corrected chi connectivity index (χ3v) is 7.16. The van der Waals surface area contributed by atoms with Gasteiger partial charge < -0.3 is 15.1 Å². The lowest BCUT2D eigenvalue weighted by Gasteiger charge is -2.36. The average molecular weight is 528 g/mol. The van der Waals surface area contributed by atoms with Crippen LogP contribution in [0.3, 0.4) is 0 Å². The van der Waals surface area contributed by atoms with Crippen molar-refractivity contribution in [2.75, 3.05) is 31.1 Å². The molecule has 0 spiro atoms. The third-order valence-electron chi connectivity index (χ3n) is 7.16. The minimum atomic E-state index is -4.56. The van der Waals surface area contributed by atoms with Crippen LogP contribution in [0.25, 0.3) is 22.0 Å². The van der Waals surface area contributed by atoms with Gasteiger partial charge in [0.15, 0.2) is 0 Å². The molecule has 6 rings (SSSR count). The van der Waals surface area contributed by atoms with E-state index in [0.29, 0.717) is 48.6 Å². The maximum atomic E-state index is 13.5. The summed E-state index contributed by atoms with van der Waals surface area (Å²) in [6, 6.07) is 5.21. The molecule has 0 unspecified atom stereocenters. The van der Waals surface area contributed by atoms with E-state index in [1.54, 1.807) is 30.6 Å². The van der Waals surface area contributed by atoms with Gasteiger partial charge in [-0.1, -0.05) is 6.07 Å². The lowest BCUT2D eigenvalue weighted by atomic mass is 10.1. The Morgan fingerprint density at radius 2 is 1.84 bits per heavy atom. The number of hydrogen-bond acceptors (Lipinski definition) is 6. The summed E-state index contributed by atoms with van der Waals surface area (Å²) in [5.74, 6) is 0.556. The van der Waals surface area contributed by atoms with Gasteiger partial charge in [-0.3, -0.25) is 18.8 Å². The van der Waals surface area contributed by atoms with Crippen LogP contribution in [0.5, 0.6) is 0 Å². The first-order valence-corrected chi connectivity index (χ1v) is 12.0. The van der Waals surface area contributed by atoms with Crippen molar-refractivity contribution in [1.82, 2.24) is 39.3 Å². The molecule has 11 nitrogen and oxygen atoms in total. The van der Waals surface area contributed by atoms with E-state index >= 15 is 0 Å². The molecule has 14 heteroatoms. The van der Waals surface area contributed by atoms with Gasteiger partial charge in [0, 0.05) is 64.4 Å². The highest BCUT2D eigenvalue weighted by molar-refractivity contribution is 5.84. The molecule has 2 fully saturated rings. The molecule has 1 atom stereocenters. The van der Waals surface area contributed by atoms with E-state index in [1.807, 2.05) is 9.80 Å². The fraction of sp³-hybridized carbons (Fsp3) is 0.375. The summed E-state index contributed by atoms with van der Waals surface area (Å²) in [5.41, 5.74) is 0.562. The molecule has 4 aromatic rings. The predicted octanol–water partition coefficient (Wildman–Crippen LogP) is 1.81. The van der Waals surface area contributed by atoms with Crippen LogP contribution in [0.15, 0.2) is 41.6 Å². The van der Waals surface area contributed by atoms with Crippen molar-refractivity contribution in [3.05, 3.63) is 58.4 Å². The lowest BCUT2D eigenvalue weighted by molar-refractivity contribution is -0.138. The Kier molecular flexibility index (Phi) is 5.43. The Morgan fingerprint density at radius 1 is 1.08 bits per heavy atom. The number of carbonyl (C=O) groups excluding carboxylic acids is 1. The quantitative estimate of drug-likeness (QED) is 0.434. The average Bonchev–Trinajstić information content (AvgIpc) is 3.54. The fourth-order valence-corrected chi connectivity index (χ4v) is 5.19. The van der Waals surface area contributed by atoms with E-state index in [-0.39, 0.29) is 29.9 Å². The van der Waals surface area contributed by atoms with Crippen molar-refractivity contribution in [3.63, 3.8) is 0 Å². The number of rotatable bonds is 4. The molecule has 3 aromatic heterocycles. The molecule has 2 amide bonds. The molecule has 2 saturated heterocycles. The number of anilines is 1. The Bertz CT molecular complexity index is 1600. The number of fused-ring (bicyclic) bond motifs is 2. The number of halogens is 3. The highest BCUT2D eigenvalue weighted by atomic mass is 19.4. The maximum absolute atomic E-state index is 13.5. The van der Waals surface area contributed by atoms with Gasteiger partial charge in [-0.2, -0.15) is 18.3 Å². The van der Waals surface area contributed by atoms with Crippen LogP contribution in [-0.4, -0.2) is 72.3 Å². The Labute approximate surface area is 214 Å². The molecule has 0 saturated carbocycles. The van der Waals surface area contributed by atoms with Crippen molar-refractivity contribution in [3.8, 4) is 11.1 Å². The summed E-state index contributed by atoms with van der Waals surface area (Å²) >= 11 is 0. The van der Waals surface area contributed by atoms with E-state index in [9.17, 15) is 22.8 Å². The first-order chi connectivity index (χ1) is 18.1. The number of benzene rings is 1. The van der Waals surface area contributed by atoms with E-state index in [1.165, 1.54) is 23.5 Å². The minimum absolute atomic E-state index is 0.0432. The topological polar surface area (TPSA) is 106 Å². The summed E-state index contributed by atoms with van der Waals surface area (Å²) in [4.78, 5) is 37.6. The number of aryl methyl sites for hydroxylation is 1. The Balaban J connectivity index is 1.31. The highest BCUT2D eigenvalue weighted by Crippen LogP contribution is 2.32. The van der Waals surface area contributed by atoms with Crippen molar-refractivity contribution in [2.24, 2.45) is 14.1 Å². The lowest BCUT2D eigenvalue weighted by Crippen LogP contribution is -2.52. The summed E-state index contributed by atoms with van der Waals surface area (Å²) < 4.78 is 44.6. The largest absolute Gasteiger partial charge is 0.419 e. The molecule has 0 bridgehead atoms. The second kappa shape index (κ2) is 8.60. The summed E-state index contributed by atoms with van der Waals surface area (Å²) in [6.07, 6.45) is -0.268. The van der Waals surface area contributed by atoms with Gasteiger partial charge in [0.25, 0.3) is 5.56 Å². The normalized spacial score (nSPS) is 17.8. The van der Waals surface area contributed by atoms with Gasteiger partial charge >= 0.3 is 12.2 Å².